The van der Waals surface area contributed by atoms with Crippen molar-refractivity contribution in [3.05, 3.63) is 24.2 Å². The second-order valence-corrected chi connectivity index (χ2v) is 5.50. The van der Waals surface area contributed by atoms with Crippen molar-refractivity contribution < 1.29 is 0 Å². The molecule has 1 aliphatic carbocycles. The van der Waals surface area contributed by atoms with Crippen LogP contribution in [-0.4, -0.2) is 26.0 Å². The number of nitrogens with zero attached hydrogens (tertiary/aromatic N) is 3. The molecule has 2 heterocycles. The molecule has 1 aliphatic rings. The third kappa shape index (κ3) is 2.17. The van der Waals surface area contributed by atoms with Gasteiger partial charge in [-0.3, -0.25) is 0 Å². The highest BCUT2D eigenvalue weighted by atomic mass is 35.5. The zero-order valence-electron chi connectivity index (χ0n) is 10.4. The molecule has 2 unspecified atom stereocenters. The van der Waals surface area contributed by atoms with Gasteiger partial charge in [-0.2, -0.15) is 5.10 Å². The minimum Gasteiger partial charge on any atom is -0.364 e. The van der Waals surface area contributed by atoms with Crippen LogP contribution in [0.3, 0.4) is 0 Å². The molecular formula is C13H17ClN4. The average molecular weight is 265 g/mol. The topological polar surface area (TPSA) is 42.2 Å². The van der Waals surface area contributed by atoms with E-state index in [-0.39, 0.29) is 5.38 Å². The Morgan fingerprint density at radius 2 is 2.22 bits per heavy atom. The largest absolute Gasteiger partial charge is 0.364 e. The maximum Gasteiger partial charge on any atom is 0.152 e. The van der Waals surface area contributed by atoms with Crippen LogP contribution in [0, 0.1) is 6.92 Å². The third-order valence-electron chi connectivity index (χ3n) is 3.52. The van der Waals surface area contributed by atoms with Crippen LogP contribution in [0.25, 0.3) is 5.52 Å². The second kappa shape index (κ2) is 4.76. The Labute approximate surface area is 111 Å². The number of alkyl halides is 1. The number of aromatic nitrogens is 3. The van der Waals surface area contributed by atoms with Crippen LogP contribution in [-0.2, 0) is 0 Å². The van der Waals surface area contributed by atoms with Crippen LogP contribution >= 0.6 is 11.6 Å². The predicted molar refractivity (Wildman–Crippen MR) is 73.2 cm³/mol. The van der Waals surface area contributed by atoms with E-state index >= 15 is 0 Å². The van der Waals surface area contributed by atoms with E-state index in [4.69, 9.17) is 11.6 Å². The van der Waals surface area contributed by atoms with Gasteiger partial charge in [0, 0.05) is 18.4 Å². The van der Waals surface area contributed by atoms with Gasteiger partial charge in [-0.05, 0) is 25.8 Å². The molecule has 2 aromatic rings. The predicted octanol–water partition coefficient (Wildman–Crippen LogP) is 3.00. The molecule has 2 aromatic heterocycles. The van der Waals surface area contributed by atoms with Gasteiger partial charge in [0.15, 0.2) is 5.82 Å². The first-order valence-corrected chi connectivity index (χ1v) is 6.89. The van der Waals surface area contributed by atoms with Gasteiger partial charge < -0.3 is 5.32 Å². The molecule has 0 radical (unpaired) electrons. The molecule has 0 aromatic carbocycles. The summed E-state index contributed by atoms with van der Waals surface area (Å²) in [5.41, 5.74) is 2.02. The highest BCUT2D eigenvalue weighted by Gasteiger charge is 2.23. The Hall–Kier alpha value is -1.29. The first-order chi connectivity index (χ1) is 8.74. The molecule has 0 spiro atoms. The number of anilines is 1. The average Bonchev–Trinajstić information content (AvgIpc) is 2.73. The Balaban J connectivity index is 1.89. The maximum absolute atomic E-state index is 6.38. The summed E-state index contributed by atoms with van der Waals surface area (Å²) in [7, 11) is 0. The Bertz CT molecular complexity index is 551. The van der Waals surface area contributed by atoms with Crippen LogP contribution in [0.2, 0.25) is 0 Å². The molecule has 4 nitrogen and oxygen atoms in total. The first-order valence-electron chi connectivity index (χ1n) is 6.45. The monoisotopic (exact) mass is 264 g/mol. The fourth-order valence-corrected chi connectivity index (χ4v) is 2.92. The van der Waals surface area contributed by atoms with Gasteiger partial charge in [-0.25, -0.2) is 9.50 Å². The summed E-state index contributed by atoms with van der Waals surface area (Å²) in [5, 5.41) is 8.07. The number of rotatable bonds is 2. The lowest BCUT2D eigenvalue weighted by molar-refractivity contribution is 0.469. The second-order valence-electron chi connectivity index (χ2n) is 4.94. The standard InChI is InChI=1S/C13H17ClN4/c1-9-8-12-13(15-6-7-18(12)17-9)16-11-5-3-2-4-10(11)14/h6-8,10-11H,2-5H2,1H3,(H,15,16). The molecule has 0 bridgehead atoms. The van der Waals surface area contributed by atoms with Gasteiger partial charge in [-0.1, -0.05) is 12.8 Å². The van der Waals surface area contributed by atoms with Crippen molar-refractivity contribution in [3.8, 4) is 0 Å². The lowest BCUT2D eigenvalue weighted by atomic mass is 9.95. The van der Waals surface area contributed by atoms with Crippen LogP contribution < -0.4 is 5.32 Å². The Morgan fingerprint density at radius 1 is 1.39 bits per heavy atom. The third-order valence-corrected chi connectivity index (χ3v) is 4.04. The van der Waals surface area contributed by atoms with E-state index in [1.807, 2.05) is 23.7 Å². The minimum atomic E-state index is 0.199. The number of hydrogen-bond donors (Lipinski definition) is 1. The van der Waals surface area contributed by atoms with Gasteiger partial charge in [0.1, 0.15) is 5.52 Å². The highest BCUT2D eigenvalue weighted by molar-refractivity contribution is 6.21. The van der Waals surface area contributed by atoms with Gasteiger partial charge in [0.25, 0.3) is 0 Å². The fourth-order valence-electron chi connectivity index (χ4n) is 2.58. The van der Waals surface area contributed by atoms with Crippen LogP contribution in [0.4, 0.5) is 5.82 Å². The van der Waals surface area contributed by atoms with Crippen LogP contribution in [0.5, 0.6) is 0 Å². The molecule has 0 amide bonds. The van der Waals surface area contributed by atoms with E-state index in [2.05, 4.69) is 15.4 Å². The molecule has 18 heavy (non-hydrogen) atoms. The Kier molecular flexibility index (Phi) is 3.12. The lowest BCUT2D eigenvalue weighted by Crippen LogP contribution is -2.33. The molecule has 5 heteroatoms. The minimum absolute atomic E-state index is 0.199. The molecule has 1 fully saturated rings. The molecule has 1 saturated carbocycles. The molecule has 1 N–H and O–H groups in total. The van der Waals surface area contributed by atoms with E-state index in [0.29, 0.717) is 6.04 Å². The van der Waals surface area contributed by atoms with E-state index < -0.39 is 0 Å². The number of fused-ring (bicyclic) bond motifs is 1. The van der Waals surface area contributed by atoms with Gasteiger partial charge in [0.2, 0.25) is 0 Å². The van der Waals surface area contributed by atoms with E-state index in [9.17, 15) is 0 Å². The summed E-state index contributed by atoms with van der Waals surface area (Å²) in [5.74, 6) is 0.885. The summed E-state index contributed by atoms with van der Waals surface area (Å²) >= 11 is 6.38. The summed E-state index contributed by atoms with van der Waals surface area (Å²) in [6, 6.07) is 2.36. The normalized spacial score (nSPS) is 24.3. The van der Waals surface area contributed by atoms with E-state index in [1.165, 1.54) is 12.8 Å². The molecule has 0 aliphatic heterocycles. The van der Waals surface area contributed by atoms with Crippen LogP contribution in [0.15, 0.2) is 18.5 Å². The van der Waals surface area contributed by atoms with Gasteiger partial charge in [-0.15, -0.1) is 11.6 Å². The highest BCUT2D eigenvalue weighted by Crippen LogP contribution is 2.26. The van der Waals surface area contributed by atoms with E-state index in [0.717, 1.165) is 29.9 Å². The summed E-state index contributed by atoms with van der Waals surface area (Å²) < 4.78 is 1.86. The van der Waals surface area contributed by atoms with Crippen molar-refractivity contribution in [2.24, 2.45) is 0 Å². The zero-order chi connectivity index (χ0) is 12.5. The van der Waals surface area contributed by atoms with E-state index in [1.54, 1.807) is 6.20 Å². The van der Waals surface area contributed by atoms with Crippen LogP contribution in [0.1, 0.15) is 31.4 Å². The lowest BCUT2D eigenvalue weighted by Gasteiger charge is -2.28. The molecule has 96 valence electrons. The molecule has 2 atom stereocenters. The number of hydrogen-bond acceptors (Lipinski definition) is 3. The van der Waals surface area contributed by atoms with Crippen molar-refractivity contribution in [1.29, 1.82) is 0 Å². The quantitative estimate of drug-likeness (QED) is 0.848. The van der Waals surface area contributed by atoms with Crippen molar-refractivity contribution in [2.75, 3.05) is 5.32 Å². The number of nitrogens with one attached hydrogen (secondary N) is 1. The summed E-state index contributed by atoms with van der Waals surface area (Å²) in [4.78, 5) is 4.42. The van der Waals surface area contributed by atoms with Crippen molar-refractivity contribution >= 4 is 22.9 Å². The fraction of sp³-hybridized carbons (Fsp3) is 0.538. The Morgan fingerprint density at radius 3 is 3.06 bits per heavy atom. The SMILES string of the molecule is Cc1cc2c(NC3CCCCC3Cl)nccn2n1. The van der Waals surface area contributed by atoms with Gasteiger partial charge >= 0.3 is 0 Å². The summed E-state index contributed by atoms with van der Waals surface area (Å²) in [6.45, 7) is 1.99. The summed E-state index contributed by atoms with van der Waals surface area (Å²) in [6.07, 6.45) is 8.31. The molecule has 0 saturated heterocycles. The number of aryl methyl sites for hydroxylation is 1. The molecule has 3 rings (SSSR count). The van der Waals surface area contributed by atoms with Gasteiger partial charge in [0.05, 0.1) is 11.1 Å². The maximum atomic E-state index is 6.38. The number of halogens is 1. The smallest absolute Gasteiger partial charge is 0.152 e. The van der Waals surface area contributed by atoms with Crippen molar-refractivity contribution in [3.63, 3.8) is 0 Å². The van der Waals surface area contributed by atoms with Crippen molar-refractivity contribution in [1.82, 2.24) is 14.6 Å². The van der Waals surface area contributed by atoms with Crippen molar-refractivity contribution in [2.45, 2.75) is 44.0 Å². The zero-order valence-corrected chi connectivity index (χ0v) is 11.2. The first kappa shape index (κ1) is 11.8. The molecular weight excluding hydrogens is 248 g/mol.